The van der Waals surface area contributed by atoms with Crippen molar-refractivity contribution >= 4 is 28.6 Å². The number of benzene rings is 1. The van der Waals surface area contributed by atoms with Crippen molar-refractivity contribution in [3.63, 3.8) is 0 Å². The average molecular weight is 405 g/mol. The minimum Gasteiger partial charge on any atom is -0.463 e. The number of hydrogen-bond acceptors (Lipinski definition) is 3. The molecular weight excluding hydrogens is 378 g/mol. The van der Waals surface area contributed by atoms with Gasteiger partial charge in [0, 0.05) is 23.9 Å². The van der Waals surface area contributed by atoms with Gasteiger partial charge in [-0.1, -0.05) is 37.5 Å². The summed E-state index contributed by atoms with van der Waals surface area (Å²) in [6.07, 6.45) is 7.12. The molecule has 5 rings (SSSR count). The zero-order chi connectivity index (χ0) is 20.9. The molecule has 0 spiro atoms. The van der Waals surface area contributed by atoms with Crippen LogP contribution in [0.2, 0.25) is 0 Å². The number of anilines is 1. The summed E-state index contributed by atoms with van der Waals surface area (Å²) >= 11 is 0. The molecule has 2 amide bonds. The SMILES string of the molecule is Cc1ccccc1N1C(=O)c2cc3occc3n2C[C@@]1(C)C(=O)NC1CCCCC1. The van der Waals surface area contributed by atoms with E-state index >= 15 is 0 Å². The van der Waals surface area contributed by atoms with Gasteiger partial charge in [-0.05, 0) is 38.3 Å². The monoisotopic (exact) mass is 405 g/mol. The van der Waals surface area contributed by atoms with Crippen LogP contribution in [-0.2, 0) is 11.3 Å². The maximum atomic E-state index is 13.7. The highest BCUT2D eigenvalue weighted by Gasteiger charge is 2.49. The second kappa shape index (κ2) is 7.04. The molecule has 1 saturated carbocycles. The summed E-state index contributed by atoms with van der Waals surface area (Å²) in [4.78, 5) is 29.1. The first-order chi connectivity index (χ1) is 14.5. The minimum absolute atomic E-state index is 0.0954. The van der Waals surface area contributed by atoms with Crippen LogP contribution in [-0.4, -0.2) is 28.0 Å². The molecule has 1 aliphatic heterocycles. The Morgan fingerprint density at radius 2 is 1.93 bits per heavy atom. The van der Waals surface area contributed by atoms with E-state index in [9.17, 15) is 9.59 Å². The van der Waals surface area contributed by atoms with Crippen LogP contribution < -0.4 is 10.2 Å². The third-order valence-electron chi connectivity index (χ3n) is 6.69. The number of hydrogen-bond donors (Lipinski definition) is 1. The molecule has 6 nitrogen and oxygen atoms in total. The lowest BCUT2D eigenvalue weighted by Crippen LogP contribution is -2.65. The van der Waals surface area contributed by atoms with Gasteiger partial charge in [-0.3, -0.25) is 14.5 Å². The third kappa shape index (κ3) is 2.85. The van der Waals surface area contributed by atoms with E-state index < -0.39 is 5.54 Å². The summed E-state index contributed by atoms with van der Waals surface area (Å²) in [7, 11) is 0. The highest BCUT2D eigenvalue weighted by Crippen LogP contribution is 2.37. The van der Waals surface area contributed by atoms with Gasteiger partial charge in [0.15, 0.2) is 5.58 Å². The van der Waals surface area contributed by atoms with Crippen molar-refractivity contribution in [2.45, 2.75) is 64.1 Å². The first kappa shape index (κ1) is 19.0. The van der Waals surface area contributed by atoms with Crippen LogP contribution in [0.3, 0.4) is 0 Å². The zero-order valence-corrected chi connectivity index (χ0v) is 17.5. The van der Waals surface area contributed by atoms with Gasteiger partial charge < -0.3 is 14.3 Å². The molecule has 6 heteroatoms. The van der Waals surface area contributed by atoms with Crippen molar-refractivity contribution in [1.29, 1.82) is 0 Å². The molecule has 2 aromatic heterocycles. The fraction of sp³-hybridized carbons (Fsp3) is 0.417. The van der Waals surface area contributed by atoms with Crippen LogP contribution in [0, 0.1) is 6.92 Å². The molecule has 0 bridgehead atoms. The molecule has 0 saturated heterocycles. The summed E-state index contributed by atoms with van der Waals surface area (Å²) in [6, 6.07) is 11.6. The number of nitrogens with zero attached hydrogens (tertiary/aromatic N) is 2. The van der Waals surface area contributed by atoms with Gasteiger partial charge >= 0.3 is 0 Å². The van der Waals surface area contributed by atoms with Crippen molar-refractivity contribution in [1.82, 2.24) is 9.88 Å². The summed E-state index contributed by atoms with van der Waals surface area (Å²) in [5, 5.41) is 3.26. The van der Waals surface area contributed by atoms with E-state index in [1.165, 1.54) is 6.42 Å². The predicted octanol–water partition coefficient (Wildman–Crippen LogP) is 4.41. The Bertz CT molecular complexity index is 1120. The van der Waals surface area contributed by atoms with Crippen LogP contribution >= 0.6 is 0 Å². The van der Waals surface area contributed by atoms with E-state index in [2.05, 4.69) is 5.32 Å². The third-order valence-corrected chi connectivity index (χ3v) is 6.69. The van der Waals surface area contributed by atoms with E-state index in [1.54, 1.807) is 17.2 Å². The van der Waals surface area contributed by atoms with Gasteiger partial charge in [-0.25, -0.2) is 0 Å². The highest BCUT2D eigenvalue weighted by molar-refractivity contribution is 6.14. The van der Waals surface area contributed by atoms with E-state index in [0.717, 1.165) is 42.5 Å². The number of aromatic nitrogens is 1. The largest absolute Gasteiger partial charge is 0.463 e. The van der Waals surface area contributed by atoms with Crippen LogP contribution in [0.15, 0.2) is 47.1 Å². The number of aryl methyl sites for hydroxylation is 1. The number of furan rings is 1. The van der Waals surface area contributed by atoms with Crippen molar-refractivity contribution < 1.29 is 14.0 Å². The molecular formula is C24H27N3O3. The Kier molecular flexibility index (Phi) is 4.45. The highest BCUT2D eigenvalue weighted by atomic mass is 16.3. The van der Waals surface area contributed by atoms with E-state index in [4.69, 9.17) is 4.42 Å². The quantitative estimate of drug-likeness (QED) is 0.702. The van der Waals surface area contributed by atoms with Gasteiger partial charge in [-0.15, -0.1) is 0 Å². The van der Waals surface area contributed by atoms with Gasteiger partial charge in [0.25, 0.3) is 5.91 Å². The molecule has 1 atom stereocenters. The molecule has 0 radical (unpaired) electrons. The number of fused-ring (bicyclic) bond motifs is 3. The van der Waals surface area contributed by atoms with Gasteiger partial charge in [0.1, 0.15) is 11.2 Å². The molecule has 3 heterocycles. The average Bonchev–Trinajstić information content (AvgIpc) is 3.33. The molecule has 30 heavy (non-hydrogen) atoms. The molecule has 2 aliphatic rings. The summed E-state index contributed by atoms with van der Waals surface area (Å²) in [5.74, 6) is -0.273. The second-order valence-electron chi connectivity index (χ2n) is 8.80. The van der Waals surface area contributed by atoms with Gasteiger partial charge in [0.05, 0.1) is 18.3 Å². The number of para-hydroxylation sites is 1. The second-order valence-corrected chi connectivity index (χ2v) is 8.80. The van der Waals surface area contributed by atoms with E-state index in [1.807, 2.05) is 48.7 Å². The van der Waals surface area contributed by atoms with E-state index in [0.29, 0.717) is 17.8 Å². The number of carbonyl (C=O) groups excluding carboxylic acids is 2. The minimum atomic E-state index is -1.04. The first-order valence-electron chi connectivity index (χ1n) is 10.8. The molecule has 1 fully saturated rings. The predicted molar refractivity (Wildman–Crippen MR) is 116 cm³/mol. The number of amides is 2. The Labute approximate surface area is 175 Å². The molecule has 0 unspecified atom stereocenters. The van der Waals surface area contributed by atoms with Crippen LogP contribution in [0.25, 0.3) is 11.1 Å². The standard InChI is InChI=1S/C24H27N3O3/c1-16-8-6-7-11-18(16)27-22(28)20-14-21-19(12-13-30-21)26(20)15-24(27,2)23(29)25-17-9-4-3-5-10-17/h6-8,11-14,17H,3-5,9-10,15H2,1-2H3,(H,25,29)/t24-/m0/s1. The van der Waals surface area contributed by atoms with Crippen LogP contribution in [0.4, 0.5) is 5.69 Å². The summed E-state index contributed by atoms with van der Waals surface area (Å²) < 4.78 is 7.47. The van der Waals surface area contributed by atoms with Gasteiger partial charge in [0.2, 0.25) is 5.91 Å². The fourth-order valence-corrected chi connectivity index (χ4v) is 4.99. The number of rotatable bonds is 3. The normalized spacial score (nSPS) is 22.3. The summed E-state index contributed by atoms with van der Waals surface area (Å²) in [6.45, 7) is 4.23. The molecule has 1 N–H and O–H groups in total. The lowest BCUT2D eigenvalue weighted by atomic mass is 9.90. The molecule has 1 aromatic carbocycles. The lowest BCUT2D eigenvalue weighted by Gasteiger charge is -2.45. The molecule has 1 aliphatic carbocycles. The first-order valence-corrected chi connectivity index (χ1v) is 10.8. The van der Waals surface area contributed by atoms with Crippen LogP contribution in [0.5, 0.6) is 0 Å². The van der Waals surface area contributed by atoms with Crippen molar-refractivity contribution in [3.8, 4) is 0 Å². The Morgan fingerprint density at radius 1 is 1.17 bits per heavy atom. The smallest absolute Gasteiger partial charge is 0.276 e. The molecule has 3 aromatic rings. The summed E-state index contributed by atoms with van der Waals surface area (Å²) in [5.41, 5.74) is 2.76. The Balaban J connectivity index is 1.61. The van der Waals surface area contributed by atoms with Crippen molar-refractivity contribution in [2.24, 2.45) is 0 Å². The Morgan fingerprint density at radius 3 is 2.70 bits per heavy atom. The Hall–Kier alpha value is -3.02. The van der Waals surface area contributed by atoms with Gasteiger partial charge in [-0.2, -0.15) is 0 Å². The maximum Gasteiger partial charge on any atom is 0.276 e. The molecule has 156 valence electrons. The number of carbonyl (C=O) groups is 2. The lowest BCUT2D eigenvalue weighted by molar-refractivity contribution is -0.127. The van der Waals surface area contributed by atoms with Crippen molar-refractivity contribution in [3.05, 3.63) is 53.9 Å². The zero-order valence-electron chi connectivity index (χ0n) is 17.5. The van der Waals surface area contributed by atoms with Crippen LogP contribution in [0.1, 0.15) is 55.1 Å². The topological polar surface area (TPSA) is 67.5 Å². The number of nitrogens with one attached hydrogen (secondary N) is 1. The van der Waals surface area contributed by atoms with Crippen molar-refractivity contribution in [2.75, 3.05) is 4.90 Å². The van der Waals surface area contributed by atoms with E-state index in [-0.39, 0.29) is 17.9 Å². The maximum absolute atomic E-state index is 13.7. The fourth-order valence-electron chi connectivity index (χ4n) is 4.99.